The third-order valence-corrected chi connectivity index (χ3v) is 22.9. The van der Waals surface area contributed by atoms with Crippen LogP contribution in [0, 0.1) is 40.4 Å². The Kier molecular flexibility index (Phi) is 24.1. The van der Waals surface area contributed by atoms with Crippen LogP contribution in [0.4, 0.5) is 0 Å². The lowest BCUT2D eigenvalue weighted by Crippen LogP contribution is -2.67. The zero-order valence-electron chi connectivity index (χ0n) is 54.9. The predicted molar refractivity (Wildman–Crippen MR) is 318 cm³/mol. The molecule has 6 aliphatic heterocycles. The highest BCUT2D eigenvalue weighted by atomic mass is 32.3. The molecule has 6 heterocycles. The number of allylic oxidation sites excluding steroid dienone is 2. The van der Waals surface area contributed by atoms with Crippen molar-refractivity contribution in [3.63, 3.8) is 0 Å². The summed E-state index contributed by atoms with van der Waals surface area (Å²) >= 11 is 0. The fraction of sp³-hybridized carbons (Fsp3) is 0.952. The van der Waals surface area contributed by atoms with Gasteiger partial charge in [-0.3, -0.25) is 9.35 Å². The molecule has 0 aromatic carbocycles. The maximum Gasteiger partial charge on any atom is 0.397 e. The van der Waals surface area contributed by atoms with E-state index in [-0.39, 0.29) is 48.7 Å². The first kappa shape index (κ1) is 76.8. The van der Waals surface area contributed by atoms with Gasteiger partial charge in [-0.1, -0.05) is 39.3 Å². The van der Waals surface area contributed by atoms with E-state index in [9.17, 15) is 99.5 Å². The van der Waals surface area contributed by atoms with E-state index in [1.165, 1.54) is 20.8 Å². The minimum absolute atomic E-state index is 0.00878. The van der Waals surface area contributed by atoms with Crippen molar-refractivity contribution in [3.8, 4) is 0 Å². The van der Waals surface area contributed by atoms with Crippen molar-refractivity contribution in [2.45, 2.75) is 309 Å². The van der Waals surface area contributed by atoms with Crippen LogP contribution in [-0.4, -0.2) is 316 Å². The quantitative estimate of drug-likeness (QED) is 0.0379. The summed E-state index contributed by atoms with van der Waals surface area (Å²) < 4.78 is 112. The molecule has 0 spiro atoms. The average Bonchev–Trinajstić information content (AvgIpc) is 1.29. The van der Waals surface area contributed by atoms with Crippen LogP contribution in [0.5, 0.6) is 0 Å². The summed E-state index contributed by atoms with van der Waals surface area (Å²) in [5.74, 6) is -0.947. The maximum absolute atomic E-state index is 13.3. The first-order chi connectivity index (χ1) is 44.9. The minimum Gasteiger partial charge on any atom is -0.394 e. The number of aliphatic hydroxyl groups excluding tert-OH is 15. The van der Waals surface area contributed by atoms with Crippen molar-refractivity contribution in [1.82, 2.24) is 0 Å². The van der Waals surface area contributed by atoms with E-state index in [0.717, 1.165) is 5.57 Å². The Morgan fingerprint density at radius 1 is 0.573 bits per heavy atom. The van der Waals surface area contributed by atoms with Gasteiger partial charge in [0.1, 0.15) is 128 Å². The van der Waals surface area contributed by atoms with Gasteiger partial charge >= 0.3 is 10.4 Å². The van der Waals surface area contributed by atoms with Crippen molar-refractivity contribution < 1.29 is 160 Å². The first-order valence-corrected chi connectivity index (χ1v) is 34.8. The Morgan fingerprint density at radius 2 is 1.06 bits per heavy atom. The summed E-state index contributed by atoms with van der Waals surface area (Å²) in [6.45, 7) is 11.4. The SMILES string of the molecule is CC(C)CC(=O)CC(C)(O)[C@H]1CCC2C3C[C@H](OC4OC(C)C(O)C(OC5OCC(OC6OC(CO)C(O)C(O)C6OC6OC(C)C(O)C(OC7OC(CO)C(O)C(O)C7O)C6O)C(O)C5OC5OC(C)C(O)C(O)C5O)C4O)[C@H]4C[C@@H](OS(=O)(=O)O)CC[C@]4(C)C3=CC[C@@]21C. The minimum atomic E-state index is -4.92. The third kappa shape index (κ3) is 15.2. The molecule has 3 saturated carbocycles. The molecule has 0 amide bonds. The Balaban J connectivity index is 0.903. The van der Waals surface area contributed by atoms with Gasteiger partial charge in [0.05, 0.1) is 55.9 Å². The number of ketones is 1. The van der Waals surface area contributed by atoms with Crippen LogP contribution in [0.1, 0.15) is 113 Å². The normalized spacial score (nSPS) is 51.6. The number of carbonyl (C=O) groups excluding carboxylic acids is 1. The summed E-state index contributed by atoms with van der Waals surface area (Å²) in [5.41, 5.74) is -1.36. The average molecular weight is 1410 g/mol. The molecule has 0 radical (unpaired) electrons. The van der Waals surface area contributed by atoms with Gasteiger partial charge in [0, 0.05) is 12.8 Å². The van der Waals surface area contributed by atoms with Gasteiger partial charge in [0.25, 0.3) is 0 Å². The highest BCUT2D eigenvalue weighted by Crippen LogP contribution is 2.67. The van der Waals surface area contributed by atoms with Crippen LogP contribution in [0.25, 0.3) is 0 Å². The van der Waals surface area contributed by atoms with E-state index >= 15 is 0 Å². The standard InChI is InChI=1S/C62H102O33S/c1-22(2)15-26(65)18-62(8,79)36-10-9-29-28-17-32(31-16-27(95-96(80,81)82)11-13-60(31,6)30(28)12-14-61(29,36)7)87-56-48(77)51(39(68)24(4)85-56)92-58-52(93-54-46(75)43(72)37(66)23(3)84-54)42(71)35(21-83-58)90-59-53(45(74)41(70)34(20-64)89-59)94-57-49(78)50(38(67)25(5)86-57)91-55-47(76)44(73)40(69)33(19-63)88-55/h12,22-25,27-29,31-59,63-64,66-79H,9-11,13-21H2,1-8H3,(H,80,81,82)/t23?,24?,25?,27-,28?,29?,31+,32-,33?,34?,35?,36-,37?,38?,39?,40?,41?,42?,43?,44?,45?,46?,47?,48?,49?,50?,51?,52?,53?,54?,55?,56?,57?,58?,59?,60+,61-,62?/m0/s1. The lowest BCUT2D eigenvalue weighted by molar-refractivity contribution is -0.402. The Bertz CT molecular complexity index is 2750. The summed E-state index contributed by atoms with van der Waals surface area (Å²) in [5, 5.41) is 179. The molecular weight excluding hydrogens is 1300 g/mol. The van der Waals surface area contributed by atoms with Crippen LogP contribution in [0.15, 0.2) is 11.6 Å². The van der Waals surface area contributed by atoms with E-state index in [1.807, 2.05) is 13.8 Å². The molecule has 32 unspecified atom stereocenters. The summed E-state index contributed by atoms with van der Waals surface area (Å²) in [4.78, 5) is 13.3. The number of hydrogen-bond donors (Lipinski definition) is 17. The summed E-state index contributed by atoms with van der Waals surface area (Å²) in [6.07, 6.45) is -48.6. The van der Waals surface area contributed by atoms with E-state index in [2.05, 4.69) is 19.9 Å². The molecule has 4 aliphatic carbocycles. The molecule has 38 atom stereocenters. The van der Waals surface area contributed by atoms with Crippen LogP contribution in [0.3, 0.4) is 0 Å². The third-order valence-electron chi connectivity index (χ3n) is 22.4. The number of hydrogen-bond acceptors (Lipinski definition) is 32. The van der Waals surface area contributed by atoms with Gasteiger partial charge < -0.3 is 139 Å². The maximum atomic E-state index is 13.3. The highest BCUT2D eigenvalue weighted by molar-refractivity contribution is 7.80. The van der Waals surface area contributed by atoms with Gasteiger partial charge in [-0.15, -0.1) is 0 Å². The molecule has 33 nitrogen and oxygen atoms in total. The molecule has 10 rings (SSSR count). The first-order valence-electron chi connectivity index (χ1n) is 33.4. The van der Waals surface area contributed by atoms with Crippen molar-refractivity contribution in [2.24, 2.45) is 40.4 Å². The topological polar surface area (TPSA) is 515 Å². The van der Waals surface area contributed by atoms with Crippen molar-refractivity contribution in [3.05, 3.63) is 11.6 Å². The highest BCUT2D eigenvalue weighted by Gasteiger charge is 2.64. The zero-order chi connectivity index (χ0) is 70.3. The van der Waals surface area contributed by atoms with Gasteiger partial charge in [0.15, 0.2) is 37.7 Å². The Morgan fingerprint density at radius 3 is 1.64 bits per heavy atom. The van der Waals surface area contributed by atoms with Crippen molar-refractivity contribution in [1.29, 1.82) is 0 Å². The number of Topliss-reactive ketones (excluding diaryl/α,β-unsaturated/α-hetero) is 1. The monoisotopic (exact) mass is 1410 g/mol. The van der Waals surface area contributed by atoms with Crippen molar-refractivity contribution >= 4 is 16.2 Å². The summed E-state index contributed by atoms with van der Waals surface area (Å²) in [7, 11) is -4.92. The molecule has 0 aromatic rings. The number of carbonyl (C=O) groups is 1. The zero-order valence-corrected chi connectivity index (χ0v) is 55.7. The smallest absolute Gasteiger partial charge is 0.394 e. The predicted octanol–water partition coefficient (Wildman–Crippen LogP) is -4.85. The lowest BCUT2D eigenvalue weighted by atomic mass is 9.47. The molecule has 0 bridgehead atoms. The number of aliphatic hydroxyl groups is 16. The second kappa shape index (κ2) is 30.1. The molecule has 9 fully saturated rings. The van der Waals surface area contributed by atoms with Gasteiger partial charge in [-0.05, 0) is 113 Å². The molecule has 554 valence electrons. The van der Waals surface area contributed by atoms with E-state index in [0.29, 0.717) is 38.5 Å². The molecule has 6 saturated heterocycles. The number of fused-ring (bicyclic) bond motifs is 5. The lowest BCUT2D eigenvalue weighted by Gasteiger charge is -2.60. The fourth-order valence-electron chi connectivity index (χ4n) is 17.2. The second-order valence-corrected chi connectivity index (χ2v) is 30.5. The molecule has 96 heavy (non-hydrogen) atoms. The molecule has 0 aromatic heterocycles. The molecular formula is C62H102O33S. The van der Waals surface area contributed by atoms with Crippen LogP contribution in [-0.2, 0) is 76.2 Å². The fourth-order valence-corrected chi connectivity index (χ4v) is 17.8. The Hall–Kier alpha value is -1.84. The summed E-state index contributed by atoms with van der Waals surface area (Å²) in [6, 6.07) is 0. The van der Waals surface area contributed by atoms with Gasteiger partial charge in [-0.2, -0.15) is 8.42 Å². The van der Waals surface area contributed by atoms with Gasteiger partial charge in [-0.25, -0.2) is 4.18 Å². The largest absolute Gasteiger partial charge is 0.397 e. The van der Waals surface area contributed by atoms with Crippen molar-refractivity contribution in [2.75, 3.05) is 19.8 Å². The van der Waals surface area contributed by atoms with Crippen LogP contribution >= 0.6 is 0 Å². The molecule has 17 N–H and O–H groups in total. The number of ether oxygens (including phenoxy) is 12. The van der Waals surface area contributed by atoms with Crippen LogP contribution < -0.4 is 0 Å². The van der Waals surface area contributed by atoms with Crippen LogP contribution in [0.2, 0.25) is 0 Å². The van der Waals surface area contributed by atoms with E-state index in [1.54, 1.807) is 6.92 Å². The van der Waals surface area contributed by atoms with E-state index in [4.69, 9.17) is 61.0 Å². The number of rotatable bonds is 21. The molecule has 10 aliphatic rings. The van der Waals surface area contributed by atoms with Gasteiger partial charge in [0.2, 0.25) is 0 Å². The van der Waals surface area contributed by atoms with E-state index < -0.39 is 243 Å². The molecule has 34 heteroatoms. The Labute approximate surface area is 555 Å². The second-order valence-electron chi connectivity index (χ2n) is 29.5.